The van der Waals surface area contributed by atoms with E-state index in [-0.39, 0.29) is 17.9 Å². The molecule has 2 atom stereocenters. The van der Waals surface area contributed by atoms with Gasteiger partial charge >= 0.3 is 0 Å². The third-order valence-electron chi connectivity index (χ3n) is 3.95. The van der Waals surface area contributed by atoms with Crippen LogP contribution in [-0.4, -0.2) is 17.9 Å². The van der Waals surface area contributed by atoms with E-state index < -0.39 is 0 Å². The van der Waals surface area contributed by atoms with Gasteiger partial charge in [-0.2, -0.15) is 0 Å². The number of nitrogens with zero attached hydrogens (tertiary/aromatic N) is 1. The van der Waals surface area contributed by atoms with Crippen molar-refractivity contribution in [1.29, 1.82) is 0 Å². The van der Waals surface area contributed by atoms with Gasteiger partial charge in [0.1, 0.15) is 0 Å². The third-order valence-corrected chi connectivity index (χ3v) is 3.95. The maximum atomic E-state index is 12.2. The number of carbonyl (C=O) groups is 1. The standard InChI is InChI=1S/C15H21NO/c1-4-11(2)15(17)16(3)14-10-9-12-7-5-6-8-13(12)14/h5-8,11,14H,4,9-10H2,1-3H3. The van der Waals surface area contributed by atoms with Crippen LogP contribution >= 0.6 is 0 Å². The van der Waals surface area contributed by atoms with Crippen LogP contribution in [0, 0.1) is 5.92 Å². The normalized spacial score (nSPS) is 19.8. The molecule has 1 aliphatic carbocycles. The fourth-order valence-electron chi connectivity index (χ4n) is 2.61. The molecule has 0 saturated heterocycles. The monoisotopic (exact) mass is 231 g/mol. The summed E-state index contributed by atoms with van der Waals surface area (Å²) in [6, 6.07) is 8.77. The van der Waals surface area contributed by atoms with Crippen molar-refractivity contribution in [1.82, 2.24) is 4.90 Å². The molecule has 0 spiro atoms. The minimum atomic E-state index is 0.132. The highest BCUT2D eigenvalue weighted by Crippen LogP contribution is 2.35. The van der Waals surface area contributed by atoms with Crippen molar-refractivity contribution in [3.05, 3.63) is 35.4 Å². The quantitative estimate of drug-likeness (QED) is 0.782. The summed E-state index contributed by atoms with van der Waals surface area (Å²) in [5, 5.41) is 0. The zero-order valence-corrected chi connectivity index (χ0v) is 10.9. The molecule has 0 saturated carbocycles. The van der Waals surface area contributed by atoms with E-state index in [1.165, 1.54) is 11.1 Å². The molecule has 0 radical (unpaired) electrons. The molecule has 1 aromatic rings. The van der Waals surface area contributed by atoms with Crippen molar-refractivity contribution in [2.75, 3.05) is 7.05 Å². The number of aryl methyl sites for hydroxylation is 1. The second kappa shape index (κ2) is 4.91. The van der Waals surface area contributed by atoms with Crippen LogP contribution in [0.15, 0.2) is 24.3 Å². The average Bonchev–Trinajstić information content (AvgIpc) is 2.79. The molecular weight excluding hydrogens is 210 g/mol. The van der Waals surface area contributed by atoms with Crippen LogP contribution < -0.4 is 0 Å². The summed E-state index contributed by atoms with van der Waals surface area (Å²) < 4.78 is 0. The van der Waals surface area contributed by atoms with Gasteiger partial charge in [-0.15, -0.1) is 0 Å². The zero-order chi connectivity index (χ0) is 12.4. The third kappa shape index (κ3) is 2.21. The van der Waals surface area contributed by atoms with Gasteiger partial charge in [-0.3, -0.25) is 4.79 Å². The summed E-state index contributed by atoms with van der Waals surface area (Å²) in [5.74, 6) is 0.405. The maximum Gasteiger partial charge on any atom is 0.225 e. The molecule has 2 rings (SSSR count). The predicted molar refractivity (Wildman–Crippen MR) is 69.7 cm³/mol. The first kappa shape index (κ1) is 12.2. The van der Waals surface area contributed by atoms with Crippen LogP contribution in [0.1, 0.15) is 43.9 Å². The van der Waals surface area contributed by atoms with Gasteiger partial charge in [-0.05, 0) is 30.4 Å². The van der Waals surface area contributed by atoms with Gasteiger partial charge in [-0.1, -0.05) is 38.1 Å². The van der Waals surface area contributed by atoms with Gasteiger partial charge in [0.05, 0.1) is 6.04 Å². The SMILES string of the molecule is CCC(C)C(=O)N(C)C1CCc2ccccc21. The van der Waals surface area contributed by atoms with Gasteiger partial charge in [0.2, 0.25) is 5.91 Å². The topological polar surface area (TPSA) is 20.3 Å². The summed E-state index contributed by atoms with van der Waals surface area (Å²) >= 11 is 0. The van der Waals surface area contributed by atoms with Crippen molar-refractivity contribution >= 4 is 5.91 Å². The number of amides is 1. The minimum Gasteiger partial charge on any atom is -0.338 e. The Morgan fingerprint density at radius 3 is 2.88 bits per heavy atom. The summed E-state index contributed by atoms with van der Waals surface area (Å²) in [6.07, 6.45) is 3.08. The van der Waals surface area contributed by atoms with Crippen LogP contribution in [0.5, 0.6) is 0 Å². The summed E-state index contributed by atoms with van der Waals surface area (Å²) in [5.41, 5.74) is 2.74. The molecule has 0 bridgehead atoms. The van der Waals surface area contributed by atoms with E-state index in [0.29, 0.717) is 0 Å². The highest BCUT2D eigenvalue weighted by atomic mass is 16.2. The first-order valence-electron chi connectivity index (χ1n) is 6.49. The van der Waals surface area contributed by atoms with Crippen molar-refractivity contribution in [3.63, 3.8) is 0 Å². The average molecular weight is 231 g/mol. The molecule has 1 amide bonds. The fraction of sp³-hybridized carbons (Fsp3) is 0.533. The Kier molecular flexibility index (Phi) is 3.51. The lowest BCUT2D eigenvalue weighted by atomic mass is 10.0. The lowest BCUT2D eigenvalue weighted by Gasteiger charge is -2.27. The second-order valence-corrected chi connectivity index (χ2v) is 5.01. The van der Waals surface area contributed by atoms with Crippen molar-refractivity contribution < 1.29 is 4.79 Å². The van der Waals surface area contributed by atoms with E-state index in [2.05, 4.69) is 31.2 Å². The van der Waals surface area contributed by atoms with Crippen molar-refractivity contribution in [2.24, 2.45) is 5.92 Å². The molecule has 0 fully saturated rings. The van der Waals surface area contributed by atoms with Crippen LogP contribution in [0.3, 0.4) is 0 Å². The van der Waals surface area contributed by atoms with Crippen molar-refractivity contribution in [3.8, 4) is 0 Å². The van der Waals surface area contributed by atoms with Gasteiger partial charge in [-0.25, -0.2) is 0 Å². The van der Waals surface area contributed by atoms with Crippen molar-refractivity contribution in [2.45, 2.75) is 39.2 Å². The Morgan fingerprint density at radius 1 is 1.47 bits per heavy atom. The maximum absolute atomic E-state index is 12.2. The Bertz CT molecular complexity index is 413. The van der Waals surface area contributed by atoms with Gasteiger partial charge < -0.3 is 4.90 Å². The van der Waals surface area contributed by atoms with Crippen LogP contribution in [0.4, 0.5) is 0 Å². The first-order valence-corrected chi connectivity index (χ1v) is 6.49. The Hall–Kier alpha value is -1.31. The van der Waals surface area contributed by atoms with Crippen LogP contribution in [0.2, 0.25) is 0 Å². The number of hydrogen-bond donors (Lipinski definition) is 0. The zero-order valence-electron chi connectivity index (χ0n) is 10.9. The Balaban J connectivity index is 2.17. The minimum absolute atomic E-state index is 0.132. The van der Waals surface area contributed by atoms with Crippen LogP contribution in [-0.2, 0) is 11.2 Å². The molecule has 2 nitrogen and oxygen atoms in total. The molecule has 0 heterocycles. The first-order chi connectivity index (χ1) is 8.15. The number of fused-ring (bicyclic) bond motifs is 1. The molecular formula is C15H21NO. The van der Waals surface area contributed by atoms with Gasteiger partial charge in [0, 0.05) is 13.0 Å². The van der Waals surface area contributed by atoms with Gasteiger partial charge in [0.15, 0.2) is 0 Å². The molecule has 0 aromatic heterocycles. The highest BCUT2D eigenvalue weighted by molar-refractivity contribution is 5.78. The molecule has 17 heavy (non-hydrogen) atoms. The number of hydrogen-bond acceptors (Lipinski definition) is 1. The van der Waals surface area contributed by atoms with Crippen LogP contribution in [0.25, 0.3) is 0 Å². The number of carbonyl (C=O) groups excluding carboxylic acids is 1. The van der Waals surface area contributed by atoms with E-state index >= 15 is 0 Å². The summed E-state index contributed by atoms with van der Waals surface area (Å²) in [6.45, 7) is 4.08. The Labute approximate surface area is 104 Å². The lowest BCUT2D eigenvalue weighted by molar-refractivity contribution is -0.136. The van der Waals surface area contributed by atoms with E-state index in [0.717, 1.165) is 19.3 Å². The molecule has 0 N–H and O–H groups in total. The number of benzene rings is 1. The largest absolute Gasteiger partial charge is 0.338 e. The molecule has 92 valence electrons. The Morgan fingerprint density at radius 2 is 2.18 bits per heavy atom. The van der Waals surface area contributed by atoms with E-state index in [1.807, 2.05) is 18.9 Å². The van der Waals surface area contributed by atoms with E-state index in [1.54, 1.807) is 0 Å². The highest BCUT2D eigenvalue weighted by Gasteiger charge is 2.29. The summed E-state index contributed by atoms with van der Waals surface area (Å²) in [4.78, 5) is 14.1. The smallest absolute Gasteiger partial charge is 0.225 e. The predicted octanol–water partition coefficient (Wildman–Crippen LogP) is 3.18. The second-order valence-electron chi connectivity index (χ2n) is 5.01. The molecule has 2 unspecified atom stereocenters. The lowest BCUT2D eigenvalue weighted by Crippen LogP contribution is -2.34. The number of rotatable bonds is 3. The van der Waals surface area contributed by atoms with Gasteiger partial charge in [0.25, 0.3) is 0 Å². The van der Waals surface area contributed by atoms with E-state index in [9.17, 15) is 4.79 Å². The molecule has 1 aliphatic rings. The fourth-order valence-corrected chi connectivity index (χ4v) is 2.61. The molecule has 0 aliphatic heterocycles. The molecule has 2 heteroatoms. The van der Waals surface area contributed by atoms with E-state index in [4.69, 9.17) is 0 Å². The summed E-state index contributed by atoms with van der Waals surface area (Å²) in [7, 11) is 1.95. The molecule has 1 aromatic carbocycles.